The summed E-state index contributed by atoms with van der Waals surface area (Å²) in [4.78, 5) is 10.8. The molecule has 0 aromatic heterocycles. The van der Waals surface area contributed by atoms with Crippen LogP contribution in [0.25, 0.3) is 0 Å². The predicted molar refractivity (Wildman–Crippen MR) is 75.8 cm³/mol. The van der Waals surface area contributed by atoms with E-state index in [9.17, 15) is 22.5 Å². The van der Waals surface area contributed by atoms with Crippen molar-refractivity contribution in [1.29, 1.82) is 0 Å². The van der Waals surface area contributed by atoms with Crippen molar-refractivity contribution < 1.29 is 22.5 Å². The van der Waals surface area contributed by atoms with Crippen LogP contribution in [0.1, 0.15) is 32.8 Å². The van der Waals surface area contributed by atoms with Gasteiger partial charge in [-0.15, -0.1) is 4.72 Å². The van der Waals surface area contributed by atoms with Crippen LogP contribution in [0.2, 0.25) is 0 Å². The average molecular weight is 321 g/mol. The summed E-state index contributed by atoms with van der Waals surface area (Å²) >= 11 is -1.89. The summed E-state index contributed by atoms with van der Waals surface area (Å²) in [5, 5.41) is 0. The highest BCUT2D eigenvalue weighted by molar-refractivity contribution is 7.90. The SMILES string of the molecule is CC(C)(C)[S@+]([O-])N[C@@](CC=O)(c1ccccc1F)C(F)F. The van der Waals surface area contributed by atoms with Crippen LogP contribution in [0.15, 0.2) is 24.3 Å². The van der Waals surface area contributed by atoms with Crippen molar-refractivity contribution in [3.8, 4) is 0 Å². The van der Waals surface area contributed by atoms with E-state index < -0.39 is 40.3 Å². The molecule has 0 saturated heterocycles. The number of hydrogen-bond acceptors (Lipinski definition) is 3. The molecule has 0 aliphatic rings. The lowest BCUT2D eigenvalue weighted by Gasteiger charge is -2.36. The van der Waals surface area contributed by atoms with Gasteiger partial charge in [-0.1, -0.05) is 18.2 Å². The molecule has 0 bridgehead atoms. The van der Waals surface area contributed by atoms with Gasteiger partial charge in [0.05, 0.1) is 0 Å². The van der Waals surface area contributed by atoms with Crippen LogP contribution in [0.5, 0.6) is 0 Å². The lowest BCUT2D eigenvalue weighted by atomic mass is 9.88. The largest absolute Gasteiger partial charge is 0.598 e. The molecule has 1 aromatic rings. The van der Waals surface area contributed by atoms with E-state index >= 15 is 0 Å². The van der Waals surface area contributed by atoms with Crippen molar-refractivity contribution in [1.82, 2.24) is 4.72 Å². The molecule has 3 nitrogen and oxygen atoms in total. The summed E-state index contributed by atoms with van der Waals surface area (Å²) in [5.41, 5.74) is -2.68. The normalized spacial score (nSPS) is 16.6. The Balaban J connectivity index is 3.35. The van der Waals surface area contributed by atoms with Gasteiger partial charge in [-0.05, 0) is 26.8 Å². The molecule has 1 aromatic carbocycles. The molecular formula is C14H18F3NO2S. The first-order valence-electron chi connectivity index (χ1n) is 6.31. The first-order valence-corrected chi connectivity index (χ1v) is 7.46. The van der Waals surface area contributed by atoms with Crippen molar-refractivity contribution in [2.45, 2.75) is 43.9 Å². The zero-order chi connectivity index (χ0) is 16.3. The number of aldehydes is 1. The zero-order valence-corrected chi connectivity index (χ0v) is 12.8. The molecule has 2 atom stereocenters. The van der Waals surface area contributed by atoms with Crippen LogP contribution in [-0.2, 0) is 21.7 Å². The highest BCUT2D eigenvalue weighted by atomic mass is 32.2. The number of alkyl halides is 2. The third-order valence-corrected chi connectivity index (χ3v) is 4.63. The number of nitrogens with one attached hydrogen (secondary N) is 1. The van der Waals surface area contributed by atoms with Crippen molar-refractivity contribution in [3.63, 3.8) is 0 Å². The van der Waals surface area contributed by atoms with E-state index in [1.165, 1.54) is 12.1 Å². The molecule has 1 rings (SSSR count). The molecule has 0 unspecified atom stereocenters. The van der Waals surface area contributed by atoms with E-state index in [1.54, 1.807) is 20.8 Å². The Kier molecular flexibility index (Phi) is 5.83. The maximum absolute atomic E-state index is 13.9. The minimum absolute atomic E-state index is 0.269. The molecule has 0 saturated carbocycles. The predicted octanol–water partition coefficient (Wildman–Crippen LogP) is 2.93. The highest BCUT2D eigenvalue weighted by Gasteiger charge is 2.49. The van der Waals surface area contributed by atoms with Gasteiger partial charge in [-0.25, -0.2) is 13.2 Å². The number of carbonyl (C=O) groups excluding carboxylic acids is 1. The summed E-state index contributed by atoms with van der Waals surface area (Å²) in [6.07, 6.45) is -3.52. The molecule has 0 heterocycles. The summed E-state index contributed by atoms with van der Waals surface area (Å²) in [6, 6.07) is 4.94. The van der Waals surface area contributed by atoms with Crippen molar-refractivity contribution in [3.05, 3.63) is 35.6 Å². The molecular weight excluding hydrogens is 303 g/mol. The van der Waals surface area contributed by atoms with Gasteiger partial charge in [-0.2, -0.15) is 0 Å². The first-order chi connectivity index (χ1) is 9.65. The van der Waals surface area contributed by atoms with Crippen LogP contribution >= 0.6 is 0 Å². The Hall–Kier alpha value is -1.05. The van der Waals surface area contributed by atoms with Gasteiger partial charge in [0.25, 0.3) is 6.43 Å². The topological polar surface area (TPSA) is 52.2 Å². The van der Waals surface area contributed by atoms with Gasteiger partial charge in [0.2, 0.25) is 0 Å². The minimum Gasteiger partial charge on any atom is -0.598 e. The molecule has 0 radical (unpaired) electrons. The van der Waals surface area contributed by atoms with Crippen molar-refractivity contribution >= 4 is 17.6 Å². The number of halogens is 3. The Bertz CT molecular complexity index is 493. The summed E-state index contributed by atoms with van der Waals surface area (Å²) in [6.45, 7) is 4.78. The number of hydrogen-bond donors (Lipinski definition) is 1. The Morgan fingerprint density at radius 2 is 1.90 bits per heavy atom. The minimum atomic E-state index is -3.11. The second-order valence-electron chi connectivity index (χ2n) is 5.61. The fraction of sp³-hybridized carbons (Fsp3) is 0.500. The number of benzene rings is 1. The molecule has 0 spiro atoms. The fourth-order valence-corrected chi connectivity index (χ4v) is 2.65. The monoisotopic (exact) mass is 321 g/mol. The maximum Gasteiger partial charge on any atom is 0.265 e. The molecule has 0 aliphatic heterocycles. The molecule has 7 heteroatoms. The molecule has 0 fully saturated rings. The fourth-order valence-electron chi connectivity index (χ4n) is 1.73. The van der Waals surface area contributed by atoms with E-state index in [0.29, 0.717) is 0 Å². The van der Waals surface area contributed by atoms with Crippen molar-refractivity contribution in [2.75, 3.05) is 0 Å². The van der Waals surface area contributed by atoms with Crippen LogP contribution in [0, 0.1) is 5.82 Å². The Morgan fingerprint density at radius 3 is 2.33 bits per heavy atom. The van der Waals surface area contributed by atoms with Crippen LogP contribution in [-0.4, -0.2) is 22.0 Å². The lowest BCUT2D eigenvalue weighted by molar-refractivity contribution is -0.111. The quantitative estimate of drug-likeness (QED) is 0.647. The maximum atomic E-state index is 13.9. The van der Waals surface area contributed by atoms with Crippen LogP contribution in [0.3, 0.4) is 0 Å². The smallest absolute Gasteiger partial charge is 0.265 e. The second kappa shape index (κ2) is 6.81. The average Bonchev–Trinajstić information content (AvgIpc) is 2.37. The van der Waals surface area contributed by atoms with Gasteiger partial charge in [0, 0.05) is 23.3 Å². The van der Waals surface area contributed by atoms with Crippen LogP contribution < -0.4 is 4.72 Å². The zero-order valence-electron chi connectivity index (χ0n) is 12.0. The van der Waals surface area contributed by atoms with E-state index in [2.05, 4.69) is 4.72 Å². The number of rotatable bonds is 6. The van der Waals surface area contributed by atoms with E-state index in [4.69, 9.17) is 0 Å². The van der Waals surface area contributed by atoms with E-state index in [0.717, 1.165) is 12.1 Å². The lowest BCUT2D eigenvalue weighted by Crippen LogP contribution is -2.55. The molecule has 1 N–H and O–H groups in total. The number of carbonyl (C=O) groups is 1. The summed E-state index contributed by atoms with van der Waals surface area (Å²) < 4.78 is 54.8. The molecule has 118 valence electrons. The molecule has 21 heavy (non-hydrogen) atoms. The summed E-state index contributed by atoms with van der Waals surface area (Å²) in [5.74, 6) is -0.877. The van der Waals surface area contributed by atoms with Gasteiger partial charge in [-0.3, -0.25) is 0 Å². The summed E-state index contributed by atoms with van der Waals surface area (Å²) in [7, 11) is 0. The van der Waals surface area contributed by atoms with Gasteiger partial charge < -0.3 is 9.35 Å². The van der Waals surface area contributed by atoms with Crippen molar-refractivity contribution in [2.24, 2.45) is 0 Å². The third-order valence-electron chi connectivity index (χ3n) is 2.96. The van der Waals surface area contributed by atoms with E-state index in [1.807, 2.05) is 0 Å². The molecule has 0 amide bonds. The van der Waals surface area contributed by atoms with Crippen LogP contribution in [0.4, 0.5) is 13.2 Å². The molecule has 0 aliphatic carbocycles. The highest BCUT2D eigenvalue weighted by Crippen LogP contribution is 2.35. The van der Waals surface area contributed by atoms with Gasteiger partial charge in [0.15, 0.2) is 5.54 Å². The van der Waals surface area contributed by atoms with Gasteiger partial charge >= 0.3 is 0 Å². The standard InChI is InChI=1S/C14H18F3NO2S/c1-13(2,3)21(20)18-14(8-9-19,12(16)17)10-6-4-5-7-11(10)15/h4-7,9,12,18H,8H2,1-3H3/t14-,21-/m0/s1. The first kappa shape index (κ1) is 18.0. The van der Waals surface area contributed by atoms with E-state index in [-0.39, 0.29) is 11.8 Å². The second-order valence-corrected chi connectivity index (χ2v) is 7.57. The Labute approximate surface area is 125 Å². The van der Waals surface area contributed by atoms with Gasteiger partial charge in [0.1, 0.15) is 16.9 Å². The Morgan fingerprint density at radius 1 is 1.33 bits per heavy atom. The third kappa shape index (κ3) is 3.99.